The Bertz CT molecular complexity index is 562. The van der Waals surface area contributed by atoms with Crippen LogP contribution in [0.2, 0.25) is 5.02 Å². The molecule has 1 aromatic carbocycles. The summed E-state index contributed by atoms with van der Waals surface area (Å²) in [5, 5.41) is 3.45. The predicted octanol–water partition coefficient (Wildman–Crippen LogP) is 3.98. The summed E-state index contributed by atoms with van der Waals surface area (Å²) >= 11 is 6.14. The first-order valence-corrected chi connectivity index (χ1v) is 9.19. The molecule has 1 aromatic rings. The Labute approximate surface area is 153 Å². The van der Waals surface area contributed by atoms with Gasteiger partial charge in [0, 0.05) is 37.3 Å². The van der Waals surface area contributed by atoms with Gasteiger partial charge in [-0.3, -0.25) is 0 Å². The SMILES string of the molecule is CCCCOc1cc(F)c(COC(=O)N2CCNC[C@H]2CC)c(Cl)c1. The Kier molecular flexibility index (Phi) is 7.78. The van der Waals surface area contributed by atoms with E-state index in [1.165, 1.54) is 6.07 Å². The quantitative estimate of drug-likeness (QED) is 0.735. The van der Waals surface area contributed by atoms with Gasteiger partial charge in [0.1, 0.15) is 18.2 Å². The molecule has 1 aliphatic heterocycles. The van der Waals surface area contributed by atoms with Gasteiger partial charge in [0.15, 0.2) is 0 Å². The van der Waals surface area contributed by atoms with Gasteiger partial charge < -0.3 is 19.7 Å². The van der Waals surface area contributed by atoms with E-state index in [4.69, 9.17) is 21.1 Å². The average Bonchev–Trinajstić information content (AvgIpc) is 2.61. The standard InChI is InChI=1S/C18H26ClFN2O3/c1-3-5-8-24-14-9-16(19)15(17(20)10-14)12-25-18(23)22-7-6-21-11-13(22)4-2/h9-10,13,21H,3-8,11-12H2,1-2H3/t13-/m1/s1. The number of nitrogens with one attached hydrogen (secondary N) is 1. The summed E-state index contributed by atoms with van der Waals surface area (Å²) in [7, 11) is 0. The number of carbonyl (C=O) groups is 1. The molecule has 0 aliphatic carbocycles. The Balaban J connectivity index is 1.96. The van der Waals surface area contributed by atoms with Crippen LogP contribution in [0.1, 0.15) is 38.7 Å². The molecular formula is C18H26ClFN2O3. The third-order valence-corrected chi connectivity index (χ3v) is 4.61. The number of benzene rings is 1. The number of amides is 1. The lowest BCUT2D eigenvalue weighted by Gasteiger charge is -2.34. The van der Waals surface area contributed by atoms with Crippen LogP contribution < -0.4 is 10.1 Å². The van der Waals surface area contributed by atoms with E-state index in [2.05, 4.69) is 12.2 Å². The molecule has 1 fully saturated rings. The molecule has 1 atom stereocenters. The number of halogens is 2. The minimum Gasteiger partial charge on any atom is -0.493 e. The summed E-state index contributed by atoms with van der Waals surface area (Å²) in [6.07, 6.45) is 2.28. The highest BCUT2D eigenvalue weighted by Crippen LogP contribution is 2.27. The molecule has 1 saturated heterocycles. The van der Waals surface area contributed by atoms with E-state index in [0.717, 1.165) is 32.4 Å². The van der Waals surface area contributed by atoms with Gasteiger partial charge in [-0.2, -0.15) is 0 Å². The van der Waals surface area contributed by atoms with E-state index < -0.39 is 11.9 Å². The molecule has 140 valence electrons. The summed E-state index contributed by atoms with van der Waals surface area (Å²) in [6, 6.07) is 2.93. The van der Waals surface area contributed by atoms with Gasteiger partial charge in [-0.15, -0.1) is 0 Å². The van der Waals surface area contributed by atoms with Crippen molar-refractivity contribution in [2.75, 3.05) is 26.2 Å². The van der Waals surface area contributed by atoms with Crippen molar-refractivity contribution in [1.82, 2.24) is 10.2 Å². The molecule has 1 heterocycles. The van der Waals surface area contributed by atoms with Crippen molar-refractivity contribution in [3.8, 4) is 5.75 Å². The molecule has 0 radical (unpaired) electrons. The molecule has 7 heteroatoms. The lowest BCUT2D eigenvalue weighted by Crippen LogP contribution is -2.53. The fraction of sp³-hybridized carbons (Fsp3) is 0.611. The van der Waals surface area contributed by atoms with Crippen LogP contribution in [0.15, 0.2) is 12.1 Å². The molecular weight excluding hydrogens is 347 g/mol. The van der Waals surface area contributed by atoms with Crippen LogP contribution in [-0.2, 0) is 11.3 Å². The van der Waals surface area contributed by atoms with Gasteiger partial charge in [-0.05, 0) is 18.9 Å². The Morgan fingerprint density at radius 2 is 2.24 bits per heavy atom. The maximum atomic E-state index is 14.3. The number of unbranched alkanes of at least 4 members (excludes halogenated alkanes) is 1. The second kappa shape index (κ2) is 9.82. The second-order valence-electron chi connectivity index (χ2n) is 6.08. The number of nitrogens with zero attached hydrogens (tertiary/aromatic N) is 1. The zero-order valence-electron chi connectivity index (χ0n) is 14.8. The molecule has 1 N–H and O–H groups in total. The van der Waals surface area contributed by atoms with Crippen LogP contribution in [0.3, 0.4) is 0 Å². The van der Waals surface area contributed by atoms with Gasteiger partial charge >= 0.3 is 6.09 Å². The van der Waals surface area contributed by atoms with Gasteiger partial charge in [-0.1, -0.05) is 31.9 Å². The van der Waals surface area contributed by atoms with Gasteiger partial charge in [-0.25, -0.2) is 9.18 Å². The van der Waals surface area contributed by atoms with Gasteiger partial charge in [0.2, 0.25) is 0 Å². The highest BCUT2D eigenvalue weighted by Gasteiger charge is 2.26. The van der Waals surface area contributed by atoms with Crippen LogP contribution in [0, 0.1) is 5.82 Å². The average molecular weight is 373 g/mol. The summed E-state index contributed by atoms with van der Waals surface area (Å²) in [5.41, 5.74) is 0.168. The zero-order chi connectivity index (χ0) is 18.2. The highest BCUT2D eigenvalue weighted by atomic mass is 35.5. The number of hydrogen-bond donors (Lipinski definition) is 1. The lowest BCUT2D eigenvalue weighted by atomic mass is 10.1. The van der Waals surface area contributed by atoms with Gasteiger partial charge in [0.25, 0.3) is 0 Å². The van der Waals surface area contributed by atoms with Crippen LogP contribution in [0.5, 0.6) is 5.75 Å². The van der Waals surface area contributed by atoms with Crippen LogP contribution in [-0.4, -0.2) is 43.3 Å². The maximum absolute atomic E-state index is 14.3. The topological polar surface area (TPSA) is 50.8 Å². The summed E-state index contributed by atoms with van der Waals surface area (Å²) in [4.78, 5) is 14.0. The highest BCUT2D eigenvalue weighted by molar-refractivity contribution is 6.31. The van der Waals surface area contributed by atoms with E-state index >= 15 is 0 Å². The first-order valence-electron chi connectivity index (χ1n) is 8.81. The first-order chi connectivity index (χ1) is 12.1. The normalized spacial score (nSPS) is 17.4. The molecule has 2 rings (SSSR count). The van der Waals surface area contributed by atoms with Crippen molar-refractivity contribution in [1.29, 1.82) is 0 Å². The smallest absolute Gasteiger partial charge is 0.410 e. The summed E-state index contributed by atoms with van der Waals surface area (Å²) in [6.45, 7) is 6.44. The Morgan fingerprint density at radius 1 is 1.44 bits per heavy atom. The van der Waals surface area contributed by atoms with Crippen molar-refractivity contribution in [3.05, 3.63) is 28.5 Å². The first kappa shape index (κ1) is 19.8. The number of ether oxygens (including phenoxy) is 2. The molecule has 0 unspecified atom stereocenters. The molecule has 0 spiro atoms. The Morgan fingerprint density at radius 3 is 2.92 bits per heavy atom. The monoisotopic (exact) mass is 372 g/mol. The van der Waals surface area contributed by atoms with Crippen molar-refractivity contribution in [2.45, 2.75) is 45.8 Å². The summed E-state index contributed by atoms with van der Waals surface area (Å²) in [5.74, 6) is -0.140. The maximum Gasteiger partial charge on any atom is 0.410 e. The van der Waals surface area contributed by atoms with Crippen molar-refractivity contribution >= 4 is 17.7 Å². The van der Waals surface area contributed by atoms with Crippen LogP contribution >= 0.6 is 11.6 Å². The molecule has 1 aliphatic rings. The van der Waals surface area contributed by atoms with Crippen molar-refractivity contribution in [3.63, 3.8) is 0 Å². The minimum atomic E-state index is -0.529. The molecule has 0 bridgehead atoms. The summed E-state index contributed by atoms with van der Waals surface area (Å²) < 4.78 is 25.0. The van der Waals surface area contributed by atoms with E-state index in [9.17, 15) is 9.18 Å². The number of piperazine rings is 1. The fourth-order valence-electron chi connectivity index (χ4n) is 2.72. The zero-order valence-corrected chi connectivity index (χ0v) is 15.6. The molecule has 25 heavy (non-hydrogen) atoms. The van der Waals surface area contributed by atoms with Crippen LogP contribution in [0.25, 0.3) is 0 Å². The number of rotatable bonds is 7. The van der Waals surface area contributed by atoms with E-state index in [0.29, 0.717) is 18.9 Å². The third-order valence-electron chi connectivity index (χ3n) is 4.28. The van der Waals surface area contributed by atoms with E-state index in [-0.39, 0.29) is 23.2 Å². The molecule has 1 amide bonds. The van der Waals surface area contributed by atoms with Crippen molar-refractivity contribution in [2.24, 2.45) is 0 Å². The van der Waals surface area contributed by atoms with E-state index in [1.54, 1.807) is 11.0 Å². The minimum absolute atomic E-state index is 0.0934. The fourth-order valence-corrected chi connectivity index (χ4v) is 2.97. The Hall–Kier alpha value is -1.53. The molecule has 5 nitrogen and oxygen atoms in total. The number of carbonyl (C=O) groups excluding carboxylic acids is 1. The van der Waals surface area contributed by atoms with Crippen LogP contribution in [0.4, 0.5) is 9.18 Å². The van der Waals surface area contributed by atoms with Crippen molar-refractivity contribution < 1.29 is 18.7 Å². The third kappa shape index (κ3) is 5.47. The second-order valence-corrected chi connectivity index (χ2v) is 6.49. The number of hydrogen-bond acceptors (Lipinski definition) is 4. The van der Waals surface area contributed by atoms with Gasteiger partial charge in [0.05, 0.1) is 11.6 Å². The van der Waals surface area contributed by atoms with E-state index in [1.807, 2.05) is 6.92 Å². The molecule has 0 saturated carbocycles. The predicted molar refractivity (Wildman–Crippen MR) is 95.7 cm³/mol. The largest absolute Gasteiger partial charge is 0.493 e. The lowest BCUT2D eigenvalue weighted by molar-refractivity contribution is 0.0707. The molecule has 0 aromatic heterocycles.